The fourth-order valence-electron chi connectivity index (χ4n) is 5.27. The molecule has 1 aliphatic carbocycles. The first-order chi connectivity index (χ1) is 18.1. The van der Waals surface area contributed by atoms with Crippen molar-refractivity contribution in [3.8, 4) is 16.9 Å². The maximum atomic E-state index is 15.1. The molecule has 0 aliphatic heterocycles. The van der Waals surface area contributed by atoms with E-state index in [9.17, 15) is 22.0 Å². The molecule has 8 heteroatoms. The van der Waals surface area contributed by atoms with E-state index in [-0.39, 0.29) is 17.0 Å². The van der Waals surface area contributed by atoms with E-state index in [0.717, 1.165) is 63.1 Å². The lowest BCUT2D eigenvalue weighted by molar-refractivity contribution is -0.189. The third-order valence-corrected chi connectivity index (χ3v) is 7.31. The van der Waals surface area contributed by atoms with Crippen LogP contribution in [0.1, 0.15) is 75.3 Å². The van der Waals surface area contributed by atoms with E-state index in [2.05, 4.69) is 6.92 Å². The quantitative estimate of drug-likeness (QED) is 0.150. The first kappa shape index (κ1) is 28.0. The van der Waals surface area contributed by atoms with E-state index in [0.29, 0.717) is 23.6 Å². The van der Waals surface area contributed by atoms with Gasteiger partial charge in [-0.25, -0.2) is 22.0 Å². The maximum absolute atomic E-state index is 15.1. The first-order valence-corrected chi connectivity index (χ1v) is 12.9. The highest BCUT2D eigenvalue weighted by molar-refractivity contribution is 5.70. The standard InChI is InChI=1S/C30H29F7O/c1-2-3-4-7-18-10-12-19(13-11-18)20-14-23(31)28(24(32)15-20)30(36,37)38-27-9-6-5-8-22(27)21-16-25(33)29(35)26(34)17-21/h5-6,8-9,14-19H,2-4,7,10-13H2,1H3/t18-,19-. The molecule has 0 heterocycles. The predicted octanol–water partition coefficient (Wildman–Crippen LogP) is 10.0. The summed E-state index contributed by atoms with van der Waals surface area (Å²) in [7, 11) is 0. The van der Waals surface area contributed by atoms with Crippen LogP contribution in [-0.4, -0.2) is 0 Å². The molecule has 204 valence electrons. The van der Waals surface area contributed by atoms with E-state index in [1.165, 1.54) is 24.6 Å². The minimum Gasteiger partial charge on any atom is -0.428 e. The van der Waals surface area contributed by atoms with Gasteiger partial charge in [0.05, 0.1) is 0 Å². The maximum Gasteiger partial charge on any atom is 0.432 e. The number of benzene rings is 3. The molecule has 0 N–H and O–H groups in total. The molecular formula is C30H29F7O. The summed E-state index contributed by atoms with van der Waals surface area (Å²) >= 11 is 0. The molecule has 0 atom stereocenters. The van der Waals surface area contributed by atoms with E-state index < -0.39 is 46.5 Å². The number of halogens is 7. The van der Waals surface area contributed by atoms with Crippen LogP contribution in [0.3, 0.4) is 0 Å². The van der Waals surface area contributed by atoms with Crippen molar-refractivity contribution in [1.29, 1.82) is 0 Å². The van der Waals surface area contributed by atoms with Crippen molar-refractivity contribution in [3.05, 3.63) is 88.7 Å². The molecule has 1 aliphatic rings. The lowest BCUT2D eigenvalue weighted by Crippen LogP contribution is -2.26. The van der Waals surface area contributed by atoms with E-state index in [4.69, 9.17) is 4.74 Å². The Kier molecular flexibility index (Phi) is 8.68. The van der Waals surface area contributed by atoms with E-state index >= 15 is 8.78 Å². The van der Waals surface area contributed by atoms with Crippen LogP contribution in [-0.2, 0) is 6.11 Å². The average Bonchev–Trinajstić information content (AvgIpc) is 2.87. The van der Waals surface area contributed by atoms with Crippen LogP contribution in [0.15, 0.2) is 48.5 Å². The fraction of sp³-hybridized carbons (Fsp3) is 0.400. The second-order valence-corrected chi connectivity index (χ2v) is 9.94. The Hall–Kier alpha value is -3.03. The molecule has 0 aromatic heterocycles. The number of para-hydroxylation sites is 1. The zero-order chi connectivity index (χ0) is 27.4. The summed E-state index contributed by atoms with van der Waals surface area (Å²) in [5, 5.41) is 0. The Bertz CT molecular complexity index is 1220. The van der Waals surface area contributed by atoms with Gasteiger partial charge in [-0.1, -0.05) is 50.8 Å². The van der Waals surface area contributed by atoms with Crippen molar-refractivity contribution >= 4 is 0 Å². The molecule has 1 saturated carbocycles. The van der Waals surface area contributed by atoms with Crippen molar-refractivity contribution in [3.63, 3.8) is 0 Å². The van der Waals surface area contributed by atoms with Crippen LogP contribution in [0.4, 0.5) is 30.7 Å². The summed E-state index contributed by atoms with van der Waals surface area (Å²) in [6.07, 6.45) is 3.49. The largest absolute Gasteiger partial charge is 0.432 e. The van der Waals surface area contributed by atoms with Gasteiger partial charge in [0.2, 0.25) is 0 Å². The summed E-state index contributed by atoms with van der Waals surface area (Å²) in [5.41, 5.74) is -1.71. The highest BCUT2D eigenvalue weighted by atomic mass is 19.3. The van der Waals surface area contributed by atoms with Gasteiger partial charge < -0.3 is 4.74 Å². The van der Waals surface area contributed by atoms with Gasteiger partial charge in [0.25, 0.3) is 0 Å². The van der Waals surface area contributed by atoms with Crippen LogP contribution in [0.5, 0.6) is 5.75 Å². The van der Waals surface area contributed by atoms with Crippen molar-refractivity contribution in [2.45, 2.75) is 70.3 Å². The molecule has 0 amide bonds. The van der Waals surface area contributed by atoms with Gasteiger partial charge in [0, 0.05) is 5.56 Å². The Morgan fingerprint density at radius 3 is 2.00 bits per heavy atom. The van der Waals surface area contributed by atoms with Crippen LogP contribution in [0, 0.1) is 35.0 Å². The Balaban J connectivity index is 1.55. The van der Waals surface area contributed by atoms with Crippen LogP contribution in [0.25, 0.3) is 11.1 Å². The second kappa shape index (κ2) is 11.8. The second-order valence-electron chi connectivity index (χ2n) is 9.94. The summed E-state index contributed by atoms with van der Waals surface area (Å²) in [6, 6.07) is 8.08. The van der Waals surface area contributed by atoms with Gasteiger partial charge in [-0.3, -0.25) is 0 Å². The molecule has 0 saturated heterocycles. The van der Waals surface area contributed by atoms with Gasteiger partial charge in [-0.05, 0) is 79.0 Å². The molecule has 0 radical (unpaired) electrons. The number of hydrogen-bond donors (Lipinski definition) is 0. The average molecular weight is 539 g/mol. The molecule has 1 nitrogen and oxygen atoms in total. The van der Waals surface area contributed by atoms with Crippen molar-refractivity contribution in [2.75, 3.05) is 0 Å². The van der Waals surface area contributed by atoms with Crippen LogP contribution >= 0.6 is 0 Å². The zero-order valence-electron chi connectivity index (χ0n) is 21.0. The highest BCUT2D eigenvalue weighted by Gasteiger charge is 2.42. The Morgan fingerprint density at radius 2 is 1.39 bits per heavy atom. The summed E-state index contributed by atoms with van der Waals surface area (Å²) in [5.74, 6) is -7.77. The molecule has 3 aromatic rings. The topological polar surface area (TPSA) is 9.23 Å². The fourth-order valence-corrected chi connectivity index (χ4v) is 5.27. The number of ether oxygens (including phenoxy) is 1. The molecule has 38 heavy (non-hydrogen) atoms. The monoisotopic (exact) mass is 538 g/mol. The SMILES string of the molecule is CCCCC[C@H]1CC[C@H](c2cc(F)c(C(F)(F)Oc3ccccc3-c3cc(F)c(F)c(F)c3)c(F)c2)CC1. The van der Waals surface area contributed by atoms with Crippen molar-refractivity contribution in [2.24, 2.45) is 5.92 Å². The van der Waals surface area contributed by atoms with Gasteiger partial charge in [0.15, 0.2) is 17.5 Å². The molecule has 1 fully saturated rings. The number of rotatable bonds is 9. The normalized spacial score (nSPS) is 18.0. The predicted molar refractivity (Wildman–Crippen MR) is 131 cm³/mol. The van der Waals surface area contributed by atoms with Crippen molar-refractivity contribution < 1.29 is 35.5 Å². The minimum atomic E-state index is -4.45. The zero-order valence-corrected chi connectivity index (χ0v) is 21.0. The van der Waals surface area contributed by atoms with Crippen LogP contribution in [0.2, 0.25) is 0 Å². The molecule has 0 bridgehead atoms. The first-order valence-electron chi connectivity index (χ1n) is 12.9. The Morgan fingerprint density at radius 1 is 0.789 bits per heavy atom. The van der Waals surface area contributed by atoms with Gasteiger partial charge in [-0.2, -0.15) is 8.78 Å². The van der Waals surface area contributed by atoms with E-state index in [1.807, 2.05) is 0 Å². The lowest BCUT2D eigenvalue weighted by Gasteiger charge is -2.29. The highest BCUT2D eigenvalue weighted by Crippen LogP contribution is 2.42. The van der Waals surface area contributed by atoms with Crippen LogP contribution < -0.4 is 4.74 Å². The molecular weight excluding hydrogens is 509 g/mol. The Labute approximate surface area is 217 Å². The number of unbranched alkanes of at least 4 members (excludes halogenated alkanes) is 2. The third-order valence-electron chi connectivity index (χ3n) is 7.31. The van der Waals surface area contributed by atoms with Gasteiger partial charge >= 0.3 is 6.11 Å². The lowest BCUT2D eigenvalue weighted by atomic mass is 9.77. The summed E-state index contributed by atoms with van der Waals surface area (Å²) in [4.78, 5) is 0. The molecule has 0 spiro atoms. The summed E-state index contributed by atoms with van der Waals surface area (Å²) < 4.78 is 106. The summed E-state index contributed by atoms with van der Waals surface area (Å²) in [6.45, 7) is 2.14. The van der Waals surface area contributed by atoms with E-state index in [1.54, 1.807) is 0 Å². The number of alkyl halides is 2. The van der Waals surface area contributed by atoms with Crippen molar-refractivity contribution in [1.82, 2.24) is 0 Å². The minimum absolute atomic E-state index is 0.117. The smallest absolute Gasteiger partial charge is 0.428 e. The number of hydrogen-bond acceptors (Lipinski definition) is 1. The van der Waals surface area contributed by atoms with Gasteiger partial charge in [0.1, 0.15) is 22.9 Å². The molecule has 3 aromatic carbocycles. The molecule has 0 unspecified atom stereocenters. The third kappa shape index (κ3) is 6.16. The molecule has 4 rings (SSSR count). The van der Waals surface area contributed by atoms with Gasteiger partial charge in [-0.15, -0.1) is 0 Å².